The molecule has 0 radical (unpaired) electrons. The van der Waals surface area contributed by atoms with Crippen molar-refractivity contribution in [3.8, 4) is 0 Å². The van der Waals surface area contributed by atoms with Gasteiger partial charge in [0.25, 0.3) is 0 Å². The Morgan fingerprint density at radius 1 is 1.18 bits per heavy atom. The summed E-state index contributed by atoms with van der Waals surface area (Å²) in [7, 11) is -0.760. The van der Waals surface area contributed by atoms with E-state index >= 15 is 0 Å². The second-order valence-electron chi connectivity index (χ2n) is 9.05. The van der Waals surface area contributed by atoms with Crippen molar-refractivity contribution in [2.24, 2.45) is 0 Å². The van der Waals surface area contributed by atoms with Crippen LogP contribution in [0, 0.1) is 0 Å². The third-order valence-corrected chi connectivity index (χ3v) is 11.6. The molecule has 0 bridgehead atoms. The van der Waals surface area contributed by atoms with Crippen molar-refractivity contribution in [1.82, 2.24) is 5.32 Å². The summed E-state index contributed by atoms with van der Waals surface area (Å²) in [5.41, 5.74) is 0.875. The molecule has 0 spiro atoms. The zero-order valence-corrected chi connectivity index (χ0v) is 19.1. The third kappa shape index (κ3) is 5.45. The highest BCUT2D eigenvalue weighted by Gasteiger charge is 2.46. The number of ether oxygens (including phenoxy) is 1. The molecule has 0 aliphatic heterocycles. The Kier molecular flexibility index (Phi) is 7.10. The number of amides is 1. The highest BCUT2D eigenvalue weighted by molar-refractivity contribution is 6.75. The second kappa shape index (κ2) is 8.78. The van der Waals surface area contributed by atoms with E-state index in [0.29, 0.717) is 0 Å². The van der Waals surface area contributed by atoms with Crippen LogP contribution in [0.15, 0.2) is 30.3 Å². The monoisotopic (exact) mass is 405 g/mol. The van der Waals surface area contributed by atoms with Crippen LogP contribution in [0.4, 0.5) is 0 Å². The molecule has 1 fully saturated rings. The number of esters is 1. The van der Waals surface area contributed by atoms with Crippen molar-refractivity contribution in [3.63, 3.8) is 0 Å². The molecule has 1 amide bonds. The zero-order chi connectivity index (χ0) is 21.0. The summed E-state index contributed by atoms with van der Waals surface area (Å²) in [6.45, 7) is 10.8. The maximum atomic E-state index is 12.8. The van der Waals surface area contributed by atoms with E-state index in [2.05, 4.69) is 51.7 Å². The number of methoxy groups -OCH3 is 1. The Morgan fingerprint density at radius 3 is 2.25 bits per heavy atom. The van der Waals surface area contributed by atoms with Gasteiger partial charge in [0.05, 0.1) is 31.6 Å². The fraction of sp³-hybridized carbons (Fsp3) is 0.636. The van der Waals surface area contributed by atoms with Crippen LogP contribution in [0.2, 0.25) is 17.6 Å². The summed E-state index contributed by atoms with van der Waals surface area (Å²) in [5, 5.41) is 3.20. The topological polar surface area (TPSA) is 64.6 Å². The number of hydrogen-bond donors (Lipinski definition) is 1. The average molecular weight is 406 g/mol. The minimum Gasteiger partial charge on any atom is -0.469 e. The molecule has 28 heavy (non-hydrogen) atoms. The van der Waals surface area contributed by atoms with Crippen molar-refractivity contribution < 1.29 is 18.8 Å². The molecule has 5 nitrogen and oxygen atoms in total. The Hall–Kier alpha value is -1.66. The maximum absolute atomic E-state index is 12.8. The van der Waals surface area contributed by atoms with Gasteiger partial charge in [-0.15, -0.1) is 0 Å². The predicted octanol–water partition coefficient (Wildman–Crippen LogP) is 4.53. The quantitative estimate of drug-likeness (QED) is 0.484. The molecule has 1 aromatic rings. The molecule has 0 aromatic heterocycles. The first-order chi connectivity index (χ1) is 13.0. The van der Waals surface area contributed by atoms with Crippen LogP contribution in [-0.2, 0) is 24.3 Å². The Labute approximate surface area is 170 Å². The van der Waals surface area contributed by atoms with Gasteiger partial charge < -0.3 is 14.5 Å². The molecule has 156 valence electrons. The molecule has 6 heteroatoms. The van der Waals surface area contributed by atoms with Crippen LogP contribution in [-0.4, -0.2) is 33.4 Å². The standard InChI is InChI=1S/C22H35NO4Si/c1-7-28(6,21(2,3)4)27-18(16-20(25)26-5)15-19(24)23-22(13-14-22)17-11-9-8-10-12-17/h8-12,18H,7,13-16H2,1-6H3,(H,23,24)/t18-,28?/m0/s1. The van der Waals surface area contributed by atoms with Gasteiger partial charge in [-0.1, -0.05) is 58.0 Å². The SMILES string of the molecule is CC[Si](C)(O[C@@H](CC(=O)NC1(c2ccccc2)CC1)CC(=O)OC)C(C)(C)C. The highest BCUT2D eigenvalue weighted by Crippen LogP contribution is 2.45. The molecular weight excluding hydrogens is 370 g/mol. The molecule has 1 saturated carbocycles. The lowest BCUT2D eigenvalue weighted by atomic mass is 10.0. The molecule has 1 unspecified atom stereocenters. The summed E-state index contributed by atoms with van der Waals surface area (Å²) in [6, 6.07) is 11.0. The van der Waals surface area contributed by atoms with Gasteiger partial charge in [0.15, 0.2) is 8.32 Å². The van der Waals surface area contributed by atoms with Crippen LogP contribution in [0.1, 0.15) is 58.9 Å². The largest absolute Gasteiger partial charge is 0.469 e. The zero-order valence-electron chi connectivity index (χ0n) is 18.1. The third-order valence-electron chi connectivity index (χ3n) is 6.18. The molecule has 1 aromatic carbocycles. The summed E-state index contributed by atoms with van der Waals surface area (Å²) in [6.07, 6.45) is 1.68. The average Bonchev–Trinajstić information content (AvgIpc) is 3.41. The molecule has 1 aliphatic carbocycles. The molecule has 1 aliphatic rings. The van der Waals surface area contributed by atoms with Gasteiger partial charge in [0, 0.05) is 0 Å². The second-order valence-corrected chi connectivity index (χ2v) is 14.0. The van der Waals surface area contributed by atoms with Crippen molar-refractivity contribution >= 4 is 20.2 Å². The summed E-state index contributed by atoms with van der Waals surface area (Å²) in [5.74, 6) is -0.417. The number of benzene rings is 1. The van der Waals surface area contributed by atoms with Crippen molar-refractivity contribution in [3.05, 3.63) is 35.9 Å². The van der Waals surface area contributed by atoms with Gasteiger partial charge in [-0.3, -0.25) is 9.59 Å². The van der Waals surface area contributed by atoms with E-state index < -0.39 is 14.4 Å². The lowest BCUT2D eigenvalue weighted by molar-refractivity contribution is -0.143. The fourth-order valence-corrected chi connectivity index (χ4v) is 5.96. The number of rotatable bonds is 9. The molecule has 2 atom stereocenters. The normalized spacial score (nSPS) is 18.6. The van der Waals surface area contributed by atoms with E-state index in [0.717, 1.165) is 24.4 Å². The van der Waals surface area contributed by atoms with Gasteiger partial charge >= 0.3 is 5.97 Å². The van der Waals surface area contributed by atoms with E-state index in [1.807, 2.05) is 18.2 Å². The van der Waals surface area contributed by atoms with Gasteiger partial charge in [-0.25, -0.2) is 0 Å². The minimum absolute atomic E-state index is 0.00828. The molecule has 0 heterocycles. The van der Waals surface area contributed by atoms with Crippen molar-refractivity contribution in [2.75, 3.05) is 7.11 Å². The maximum Gasteiger partial charge on any atom is 0.308 e. The summed E-state index contributed by atoms with van der Waals surface area (Å²) in [4.78, 5) is 24.8. The number of nitrogens with one attached hydrogen (secondary N) is 1. The first-order valence-corrected chi connectivity index (χ1v) is 12.8. The van der Waals surface area contributed by atoms with E-state index in [1.165, 1.54) is 7.11 Å². The smallest absolute Gasteiger partial charge is 0.308 e. The molecule has 0 saturated heterocycles. The van der Waals surface area contributed by atoms with E-state index in [9.17, 15) is 9.59 Å². The van der Waals surface area contributed by atoms with Gasteiger partial charge in [-0.2, -0.15) is 0 Å². The van der Waals surface area contributed by atoms with Crippen LogP contribution >= 0.6 is 0 Å². The molecule has 2 rings (SSSR count). The molecular formula is C22H35NO4Si. The lowest BCUT2D eigenvalue weighted by Gasteiger charge is -2.41. The fourth-order valence-electron chi connectivity index (χ4n) is 3.48. The number of carbonyl (C=O) groups excluding carboxylic acids is 2. The first kappa shape index (κ1) is 22.6. The number of carbonyl (C=O) groups is 2. The van der Waals surface area contributed by atoms with Gasteiger partial charge in [0.2, 0.25) is 5.91 Å². The van der Waals surface area contributed by atoms with Crippen LogP contribution in [0.25, 0.3) is 0 Å². The summed E-state index contributed by atoms with van der Waals surface area (Å²) >= 11 is 0. The summed E-state index contributed by atoms with van der Waals surface area (Å²) < 4.78 is 11.4. The van der Waals surface area contributed by atoms with Gasteiger partial charge in [-0.05, 0) is 36.0 Å². The highest BCUT2D eigenvalue weighted by atomic mass is 28.4. The van der Waals surface area contributed by atoms with E-state index in [4.69, 9.17) is 9.16 Å². The first-order valence-electron chi connectivity index (χ1n) is 10.2. The van der Waals surface area contributed by atoms with E-state index in [1.54, 1.807) is 0 Å². The van der Waals surface area contributed by atoms with Crippen molar-refractivity contribution in [1.29, 1.82) is 0 Å². The van der Waals surface area contributed by atoms with Crippen LogP contribution < -0.4 is 5.32 Å². The Bertz CT molecular complexity index is 682. The number of hydrogen-bond acceptors (Lipinski definition) is 4. The lowest BCUT2D eigenvalue weighted by Crippen LogP contribution is -2.48. The van der Waals surface area contributed by atoms with Crippen molar-refractivity contribution in [2.45, 2.75) is 82.7 Å². The van der Waals surface area contributed by atoms with Crippen LogP contribution in [0.3, 0.4) is 0 Å². The molecule has 1 N–H and O–H groups in total. The minimum atomic E-state index is -2.13. The van der Waals surface area contributed by atoms with E-state index in [-0.39, 0.29) is 35.3 Å². The Balaban J connectivity index is 2.09. The predicted molar refractivity (Wildman–Crippen MR) is 113 cm³/mol. The van der Waals surface area contributed by atoms with Gasteiger partial charge in [0.1, 0.15) is 0 Å². The van der Waals surface area contributed by atoms with Crippen LogP contribution in [0.5, 0.6) is 0 Å². The Morgan fingerprint density at radius 2 is 1.79 bits per heavy atom.